The van der Waals surface area contributed by atoms with Crippen LogP contribution in [0.3, 0.4) is 0 Å². The molecule has 5 rings (SSSR count). The molecule has 0 bridgehead atoms. The average molecular weight is 587 g/mol. The lowest BCUT2D eigenvalue weighted by Crippen LogP contribution is -2.46. The number of alkyl carbamates (subject to hydrolysis) is 1. The normalized spacial score (nSPS) is 20.6. The molecule has 1 atom stereocenters. The van der Waals surface area contributed by atoms with Gasteiger partial charge in [-0.2, -0.15) is 0 Å². The van der Waals surface area contributed by atoms with Crippen molar-refractivity contribution in [1.29, 1.82) is 0 Å². The molecule has 2 heterocycles. The van der Waals surface area contributed by atoms with Crippen LogP contribution in [0.5, 0.6) is 0 Å². The van der Waals surface area contributed by atoms with Crippen molar-refractivity contribution < 1.29 is 19.1 Å². The van der Waals surface area contributed by atoms with Gasteiger partial charge in [0.15, 0.2) is 0 Å². The van der Waals surface area contributed by atoms with Gasteiger partial charge in [0.1, 0.15) is 0 Å². The van der Waals surface area contributed by atoms with Crippen LogP contribution in [0.25, 0.3) is 11.1 Å². The molecule has 214 valence electrons. The SMILES string of the molecule is COC(=O)NC1CCN(C(=O)c2ccc(-c3cc(Cl)c(CC4CCN(C5CCCCC5)C4=O)c(Cl)c3)cc2)CC1. The maximum Gasteiger partial charge on any atom is 0.407 e. The number of nitrogens with one attached hydrogen (secondary N) is 1. The molecule has 0 spiro atoms. The van der Waals surface area contributed by atoms with Crippen LogP contribution in [0.15, 0.2) is 36.4 Å². The molecule has 2 aromatic carbocycles. The number of piperidine rings is 1. The number of methoxy groups -OCH3 is 1. The van der Waals surface area contributed by atoms with Crippen LogP contribution in [0.1, 0.15) is 67.3 Å². The van der Waals surface area contributed by atoms with Crippen molar-refractivity contribution in [3.63, 3.8) is 0 Å². The second kappa shape index (κ2) is 12.8. The zero-order chi connectivity index (χ0) is 28.2. The van der Waals surface area contributed by atoms with Gasteiger partial charge in [-0.1, -0.05) is 54.6 Å². The van der Waals surface area contributed by atoms with Gasteiger partial charge in [-0.25, -0.2) is 4.79 Å². The lowest BCUT2D eigenvalue weighted by atomic mass is 9.93. The third kappa shape index (κ3) is 6.41. The summed E-state index contributed by atoms with van der Waals surface area (Å²) >= 11 is 13.5. The summed E-state index contributed by atoms with van der Waals surface area (Å²) in [7, 11) is 1.34. The number of carbonyl (C=O) groups excluding carboxylic acids is 3. The Kier molecular flexibility index (Phi) is 9.21. The molecule has 3 amide bonds. The van der Waals surface area contributed by atoms with E-state index in [1.54, 1.807) is 0 Å². The maximum absolute atomic E-state index is 13.2. The summed E-state index contributed by atoms with van der Waals surface area (Å²) in [6, 6.07) is 11.7. The highest BCUT2D eigenvalue weighted by atomic mass is 35.5. The first-order valence-corrected chi connectivity index (χ1v) is 15.1. The van der Waals surface area contributed by atoms with E-state index in [0.29, 0.717) is 54.0 Å². The summed E-state index contributed by atoms with van der Waals surface area (Å²) in [6.45, 7) is 1.97. The van der Waals surface area contributed by atoms with E-state index in [4.69, 9.17) is 23.2 Å². The monoisotopic (exact) mass is 585 g/mol. The first-order chi connectivity index (χ1) is 19.3. The summed E-state index contributed by atoms with van der Waals surface area (Å²) in [4.78, 5) is 41.6. The van der Waals surface area contributed by atoms with E-state index >= 15 is 0 Å². The number of rotatable bonds is 6. The highest BCUT2D eigenvalue weighted by molar-refractivity contribution is 6.36. The third-order valence-electron chi connectivity index (χ3n) is 8.71. The smallest absolute Gasteiger partial charge is 0.407 e. The molecule has 7 nitrogen and oxygen atoms in total. The molecule has 2 saturated heterocycles. The number of carbonyl (C=O) groups is 3. The fourth-order valence-electron chi connectivity index (χ4n) is 6.36. The first-order valence-electron chi connectivity index (χ1n) is 14.4. The molecule has 2 aliphatic heterocycles. The largest absolute Gasteiger partial charge is 0.453 e. The van der Waals surface area contributed by atoms with Crippen LogP contribution < -0.4 is 5.32 Å². The van der Waals surface area contributed by atoms with Gasteiger partial charge in [0.25, 0.3) is 5.91 Å². The van der Waals surface area contributed by atoms with Crippen LogP contribution in [-0.2, 0) is 16.0 Å². The Morgan fingerprint density at radius 2 is 1.55 bits per heavy atom. The first kappa shape index (κ1) is 28.7. The van der Waals surface area contributed by atoms with Gasteiger partial charge < -0.3 is 19.9 Å². The zero-order valence-corrected chi connectivity index (χ0v) is 24.5. The van der Waals surface area contributed by atoms with Crippen molar-refractivity contribution in [1.82, 2.24) is 15.1 Å². The average Bonchev–Trinajstić information content (AvgIpc) is 3.35. The highest BCUT2D eigenvalue weighted by Gasteiger charge is 2.36. The fraction of sp³-hybridized carbons (Fsp3) is 0.516. The predicted octanol–water partition coefficient (Wildman–Crippen LogP) is 6.34. The van der Waals surface area contributed by atoms with E-state index in [-0.39, 0.29) is 23.8 Å². The van der Waals surface area contributed by atoms with E-state index in [1.165, 1.54) is 26.4 Å². The fourth-order valence-corrected chi connectivity index (χ4v) is 7.00. The van der Waals surface area contributed by atoms with Crippen molar-refractivity contribution in [3.8, 4) is 11.1 Å². The van der Waals surface area contributed by atoms with Crippen molar-refractivity contribution in [2.45, 2.75) is 69.9 Å². The lowest BCUT2D eigenvalue weighted by molar-refractivity contribution is -0.133. The maximum atomic E-state index is 13.2. The highest BCUT2D eigenvalue weighted by Crippen LogP contribution is 2.36. The Balaban J connectivity index is 1.20. The Bertz CT molecular complexity index is 1210. The summed E-state index contributed by atoms with van der Waals surface area (Å²) in [5, 5.41) is 3.93. The molecule has 40 heavy (non-hydrogen) atoms. The Morgan fingerprint density at radius 1 is 0.900 bits per heavy atom. The van der Waals surface area contributed by atoms with Crippen LogP contribution in [-0.4, -0.2) is 66.5 Å². The molecule has 1 unspecified atom stereocenters. The lowest BCUT2D eigenvalue weighted by Gasteiger charge is -2.32. The standard InChI is InChI=1S/C31H37Cl2N3O4/c1-40-31(39)34-24-12-14-35(15-13-24)29(37)21-9-7-20(8-10-21)23-18-27(32)26(28(33)19-23)17-22-11-16-36(30(22)38)25-5-3-2-4-6-25/h7-10,18-19,22,24-25H,2-6,11-17H2,1H3,(H,34,39). The van der Waals surface area contributed by atoms with Crippen LogP contribution in [0.4, 0.5) is 4.79 Å². The molecule has 2 aromatic rings. The van der Waals surface area contributed by atoms with Gasteiger partial charge in [-0.3, -0.25) is 9.59 Å². The van der Waals surface area contributed by atoms with Crippen molar-refractivity contribution in [3.05, 3.63) is 57.6 Å². The summed E-state index contributed by atoms with van der Waals surface area (Å²) in [6.07, 6.45) is 8.26. The molecule has 3 fully saturated rings. The predicted molar refractivity (Wildman–Crippen MR) is 157 cm³/mol. The number of halogens is 2. The molecule has 0 aromatic heterocycles. The molecule has 1 saturated carbocycles. The van der Waals surface area contributed by atoms with E-state index in [2.05, 4.69) is 15.0 Å². The summed E-state index contributed by atoms with van der Waals surface area (Å²) < 4.78 is 4.66. The number of hydrogen-bond donors (Lipinski definition) is 1. The van der Waals surface area contributed by atoms with Gasteiger partial charge in [0, 0.05) is 53.2 Å². The number of ether oxygens (including phenoxy) is 1. The summed E-state index contributed by atoms with van der Waals surface area (Å²) in [5.74, 6) is 0.139. The second-order valence-corrected chi connectivity index (χ2v) is 12.0. The molecular formula is C31H37Cl2N3O4. The van der Waals surface area contributed by atoms with E-state index in [0.717, 1.165) is 42.5 Å². The summed E-state index contributed by atoms with van der Waals surface area (Å²) in [5.41, 5.74) is 3.22. The Labute approximate surface area is 246 Å². The van der Waals surface area contributed by atoms with Crippen molar-refractivity contribution >= 4 is 41.1 Å². The van der Waals surface area contributed by atoms with Crippen molar-refractivity contribution in [2.24, 2.45) is 5.92 Å². The minimum Gasteiger partial charge on any atom is -0.453 e. The van der Waals surface area contributed by atoms with Gasteiger partial charge in [0.05, 0.1) is 7.11 Å². The van der Waals surface area contributed by atoms with Gasteiger partial charge in [-0.05, 0) is 79.5 Å². The van der Waals surface area contributed by atoms with Gasteiger partial charge in [-0.15, -0.1) is 0 Å². The van der Waals surface area contributed by atoms with Crippen LogP contribution in [0.2, 0.25) is 10.0 Å². The van der Waals surface area contributed by atoms with Crippen LogP contribution in [0, 0.1) is 5.92 Å². The third-order valence-corrected chi connectivity index (χ3v) is 9.39. The molecule has 1 N–H and O–H groups in total. The molecule has 3 aliphatic rings. The minimum absolute atomic E-state index is 0.0129. The molecular weight excluding hydrogens is 549 g/mol. The minimum atomic E-state index is -0.443. The molecule has 1 aliphatic carbocycles. The van der Waals surface area contributed by atoms with E-state index < -0.39 is 6.09 Å². The second-order valence-electron chi connectivity index (χ2n) is 11.2. The molecule has 9 heteroatoms. The number of nitrogens with zero attached hydrogens (tertiary/aromatic N) is 2. The Hall–Kier alpha value is -2.77. The van der Waals surface area contributed by atoms with Crippen molar-refractivity contribution in [2.75, 3.05) is 26.7 Å². The van der Waals surface area contributed by atoms with Crippen LogP contribution >= 0.6 is 23.2 Å². The Morgan fingerprint density at radius 3 is 2.17 bits per heavy atom. The number of benzene rings is 2. The van der Waals surface area contributed by atoms with Gasteiger partial charge >= 0.3 is 6.09 Å². The topological polar surface area (TPSA) is 79.0 Å². The number of amides is 3. The van der Waals surface area contributed by atoms with Gasteiger partial charge in [0.2, 0.25) is 5.91 Å². The number of hydrogen-bond acceptors (Lipinski definition) is 4. The number of likely N-dealkylation sites (tertiary alicyclic amines) is 2. The molecule has 0 radical (unpaired) electrons. The quantitative estimate of drug-likeness (QED) is 0.428. The van der Waals surface area contributed by atoms with E-state index in [1.807, 2.05) is 41.3 Å². The van der Waals surface area contributed by atoms with E-state index in [9.17, 15) is 14.4 Å². The zero-order valence-electron chi connectivity index (χ0n) is 23.0.